The van der Waals surface area contributed by atoms with Gasteiger partial charge in [-0.15, -0.1) is 0 Å². The van der Waals surface area contributed by atoms with E-state index in [9.17, 15) is 13.2 Å². The molecule has 0 fully saturated rings. The summed E-state index contributed by atoms with van der Waals surface area (Å²) in [4.78, 5) is 0. The molecular weight excluding hydrogens is 357 g/mol. The molecule has 0 aliphatic carbocycles. The van der Waals surface area contributed by atoms with E-state index in [4.69, 9.17) is 0 Å². The third-order valence-electron chi connectivity index (χ3n) is 4.31. The average Bonchev–Trinajstić information content (AvgIpc) is 2.61. The van der Waals surface area contributed by atoms with E-state index < -0.39 is 11.7 Å². The van der Waals surface area contributed by atoms with Gasteiger partial charge in [0.2, 0.25) is 0 Å². The first kappa shape index (κ1) is 23.2. The summed E-state index contributed by atoms with van der Waals surface area (Å²) in [5.41, 5.74) is 5.24. The van der Waals surface area contributed by atoms with E-state index >= 15 is 0 Å². The number of allylic oxidation sites excluding steroid dienone is 10. The molecule has 0 spiro atoms. The maximum atomic E-state index is 12.8. The van der Waals surface area contributed by atoms with Crippen LogP contribution >= 0.6 is 0 Å². The first-order valence-electron chi connectivity index (χ1n) is 8.87. The van der Waals surface area contributed by atoms with Gasteiger partial charge < -0.3 is 0 Å². The molecule has 0 saturated carbocycles. The van der Waals surface area contributed by atoms with Crippen LogP contribution in [0.1, 0.15) is 30.0 Å². The van der Waals surface area contributed by atoms with Crippen LogP contribution in [0, 0.1) is 13.8 Å². The minimum atomic E-state index is -4.35. The zero-order valence-electron chi connectivity index (χ0n) is 16.8. The fourth-order valence-corrected chi connectivity index (χ4v) is 2.66. The lowest BCUT2D eigenvalue weighted by Crippen LogP contribution is -2.11. The summed E-state index contributed by atoms with van der Waals surface area (Å²) < 4.78 is 38.5. The number of benzene rings is 1. The highest BCUT2D eigenvalue weighted by atomic mass is 19.4. The highest BCUT2D eigenvalue weighted by molar-refractivity contribution is 5.78. The van der Waals surface area contributed by atoms with Gasteiger partial charge in [0, 0.05) is 12.0 Å². The Morgan fingerprint density at radius 1 is 1.04 bits per heavy atom. The van der Waals surface area contributed by atoms with Crippen LogP contribution in [0.2, 0.25) is 0 Å². The second-order valence-electron chi connectivity index (χ2n) is 6.65. The van der Waals surface area contributed by atoms with Gasteiger partial charge in [0.05, 0.1) is 0 Å². The average molecular weight is 384 g/mol. The summed E-state index contributed by atoms with van der Waals surface area (Å²) in [5.74, 6) is 0. The highest BCUT2D eigenvalue weighted by Crippen LogP contribution is 2.30. The Balaban J connectivity index is 2.92. The standard InChI is InChI=1S/C25H27F3/c1-8-22(24-13-11-17(3)14-21(24)7)16-20(6)19(5)12-10-18(4)15-23(9-2)25(26,27)28/h8-14,16H,1,4-6,15H2,2-3,7H3/b12-10-,22-16+,23-9+. The Bertz CT molecular complexity index is 872. The lowest BCUT2D eigenvalue weighted by atomic mass is 9.95. The fraction of sp³-hybridized carbons (Fsp3) is 0.200. The van der Waals surface area contributed by atoms with Gasteiger partial charge in [-0.05, 0) is 54.7 Å². The summed E-state index contributed by atoms with van der Waals surface area (Å²) in [5, 5.41) is 0. The van der Waals surface area contributed by atoms with Crippen LogP contribution in [0.25, 0.3) is 5.57 Å². The molecule has 0 amide bonds. The van der Waals surface area contributed by atoms with Crippen LogP contribution in [-0.4, -0.2) is 6.18 Å². The van der Waals surface area contributed by atoms with E-state index in [1.165, 1.54) is 12.5 Å². The van der Waals surface area contributed by atoms with Crippen LogP contribution < -0.4 is 0 Å². The van der Waals surface area contributed by atoms with E-state index in [0.717, 1.165) is 22.8 Å². The van der Waals surface area contributed by atoms with Crippen molar-refractivity contribution in [2.75, 3.05) is 0 Å². The maximum Gasteiger partial charge on any atom is 0.412 e. The Morgan fingerprint density at radius 2 is 1.68 bits per heavy atom. The zero-order valence-corrected chi connectivity index (χ0v) is 16.8. The Hall–Kier alpha value is -2.81. The van der Waals surface area contributed by atoms with Crippen LogP contribution in [0.4, 0.5) is 13.2 Å². The summed E-state index contributed by atoms with van der Waals surface area (Å²) in [7, 11) is 0. The SMILES string of the molecule is C=C/C(=C\C(=C)C(=C)/C=C\C(=C)C/C(=C\C)C(F)(F)F)c1ccc(C)cc1C. The predicted molar refractivity (Wildman–Crippen MR) is 115 cm³/mol. The van der Waals surface area contributed by atoms with E-state index in [2.05, 4.69) is 32.4 Å². The molecule has 0 nitrogen and oxygen atoms in total. The summed E-state index contributed by atoms with van der Waals surface area (Å²) >= 11 is 0. The third kappa shape index (κ3) is 6.73. The molecule has 1 aromatic rings. The van der Waals surface area contributed by atoms with Crippen molar-refractivity contribution in [3.05, 3.63) is 114 Å². The van der Waals surface area contributed by atoms with Crippen LogP contribution in [0.5, 0.6) is 0 Å². The molecule has 3 heteroatoms. The summed E-state index contributed by atoms with van der Waals surface area (Å²) in [6.07, 6.45) is 3.25. The van der Waals surface area contributed by atoms with Gasteiger partial charge >= 0.3 is 6.18 Å². The van der Waals surface area contributed by atoms with Gasteiger partial charge in [-0.2, -0.15) is 13.2 Å². The predicted octanol–water partition coefficient (Wildman–Crippen LogP) is 8.00. The molecule has 0 aliphatic rings. The first-order valence-corrected chi connectivity index (χ1v) is 8.87. The molecule has 1 aromatic carbocycles. The monoisotopic (exact) mass is 384 g/mol. The highest BCUT2D eigenvalue weighted by Gasteiger charge is 2.32. The quantitative estimate of drug-likeness (QED) is 0.315. The van der Waals surface area contributed by atoms with E-state index in [1.54, 1.807) is 18.2 Å². The van der Waals surface area contributed by atoms with Gasteiger partial charge in [0.25, 0.3) is 0 Å². The third-order valence-corrected chi connectivity index (χ3v) is 4.31. The van der Waals surface area contributed by atoms with Crippen molar-refractivity contribution in [3.63, 3.8) is 0 Å². The molecule has 0 aromatic heterocycles. The Morgan fingerprint density at radius 3 is 2.18 bits per heavy atom. The lowest BCUT2D eigenvalue weighted by molar-refractivity contribution is -0.0932. The molecule has 0 unspecified atom stereocenters. The number of hydrogen-bond donors (Lipinski definition) is 0. The second-order valence-corrected chi connectivity index (χ2v) is 6.65. The number of aryl methyl sites for hydroxylation is 2. The van der Waals surface area contributed by atoms with Crippen LogP contribution in [0.15, 0.2) is 97.2 Å². The van der Waals surface area contributed by atoms with Gasteiger partial charge in [-0.25, -0.2) is 0 Å². The molecule has 28 heavy (non-hydrogen) atoms. The van der Waals surface area contributed by atoms with Crippen molar-refractivity contribution in [2.45, 2.75) is 33.4 Å². The van der Waals surface area contributed by atoms with Gasteiger partial charge in [0.1, 0.15) is 0 Å². The second kappa shape index (κ2) is 9.93. The molecule has 1 rings (SSSR count). The molecule has 0 saturated heterocycles. The van der Waals surface area contributed by atoms with Crippen molar-refractivity contribution in [1.82, 2.24) is 0 Å². The molecule has 148 valence electrons. The van der Waals surface area contributed by atoms with Gasteiger partial charge in [-0.1, -0.05) is 80.0 Å². The van der Waals surface area contributed by atoms with Crippen molar-refractivity contribution in [2.24, 2.45) is 0 Å². The number of rotatable bonds is 8. The number of halogens is 3. The van der Waals surface area contributed by atoms with E-state index in [1.807, 2.05) is 32.1 Å². The maximum absolute atomic E-state index is 12.8. The zero-order chi connectivity index (χ0) is 21.5. The lowest BCUT2D eigenvalue weighted by Gasteiger charge is -2.11. The molecule has 0 aliphatic heterocycles. The largest absolute Gasteiger partial charge is 0.412 e. The number of hydrogen-bond acceptors (Lipinski definition) is 0. The summed E-state index contributed by atoms with van der Waals surface area (Å²) in [6, 6.07) is 6.15. The molecule has 0 N–H and O–H groups in total. The molecule has 0 bridgehead atoms. The van der Waals surface area contributed by atoms with E-state index in [0.29, 0.717) is 16.7 Å². The van der Waals surface area contributed by atoms with Crippen LogP contribution in [0.3, 0.4) is 0 Å². The Kier molecular flexibility index (Phi) is 8.24. The molecule has 0 heterocycles. The first-order chi connectivity index (χ1) is 13.0. The molecule has 0 radical (unpaired) electrons. The van der Waals surface area contributed by atoms with E-state index in [-0.39, 0.29) is 6.42 Å². The smallest absolute Gasteiger partial charge is 0.166 e. The van der Waals surface area contributed by atoms with Crippen molar-refractivity contribution in [1.29, 1.82) is 0 Å². The molecule has 0 atom stereocenters. The topological polar surface area (TPSA) is 0 Å². The Labute approximate surface area is 166 Å². The number of alkyl halides is 3. The van der Waals surface area contributed by atoms with Gasteiger partial charge in [0.15, 0.2) is 0 Å². The normalized spacial score (nSPS) is 12.9. The minimum absolute atomic E-state index is 0.257. The fourth-order valence-electron chi connectivity index (χ4n) is 2.66. The van der Waals surface area contributed by atoms with Crippen molar-refractivity contribution >= 4 is 5.57 Å². The molecular formula is C25H27F3. The summed E-state index contributed by atoms with van der Waals surface area (Å²) in [6.45, 7) is 21.0. The van der Waals surface area contributed by atoms with Crippen LogP contribution in [-0.2, 0) is 0 Å². The van der Waals surface area contributed by atoms with Gasteiger partial charge in [-0.3, -0.25) is 0 Å². The van der Waals surface area contributed by atoms with Crippen molar-refractivity contribution in [3.8, 4) is 0 Å². The minimum Gasteiger partial charge on any atom is -0.166 e. The van der Waals surface area contributed by atoms with Crippen molar-refractivity contribution < 1.29 is 13.2 Å².